The van der Waals surface area contributed by atoms with Crippen molar-refractivity contribution in [1.29, 1.82) is 0 Å². The van der Waals surface area contributed by atoms with E-state index >= 15 is 0 Å². The number of aliphatic hydroxyl groups excluding tert-OH is 2. The van der Waals surface area contributed by atoms with Crippen molar-refractivity contribution in [2.24, 2.45) is 17.6 Å². The van der Waals surface area contributed by atoms with Gasteiger partial charge in [-0.25, -0.2) is 0 Å². The van der Waals surface area contributed by atoms with Crippen LogP contribution in [-0.4, -0.2) is 43.5 Å². The van der Waals surface area contributed by atoms with E-state index in [1.54, 1.807) is 6.07 Å². The summed E-state index contributed by atoms with van der Waals surface area (Å²) in [6.07, 6.45) is 0.134. The first kappa shape index (κ1) is 18.9. The molecule has 0 bridgehead atoms. The second-order valence-corrected chi connectivity index (χ2v) is 8.49. The van der Waals surface area contributed by atoms with Crippen molar-refractivity contribution in [2.45, 2.75) is 24.9 Å². The molecule has 3 aliphatic carbocycles. The molecule has 1 amide bonds. The minimum absolute atomic E-state index is 0.110. The van der Waals surface area contributed by atoms with E-state index in [1.165, 1.54) is 6.07 Å². The lowest BCUT2D eigenvalue weighted by Crippen LogP contribution is -2.58. The first-order chi connectivity index (χ1) is 13.1. The predicted molar refractivity (Wildman–Crippen MR) is 104 cm³/mol. The molecule has 0 radical (unpaired) electrons. The van der Waals surface area contributed by atoms with E-state index in [0.717, 1.165) is 3.57 Å². The minimum Gasteiger partial charge on any atom is -0.508 e. The number of Topliss-reactive ketones (excluding diaryl/α,β-unsaturated/α-hetero) is 2. The molecule has 0 aliphatic heterocycles. The number of carbonyl (C=O) groups excluding carboxylic acids is 3. The van der Waals surface area contributed by atoms with E-state index in [2.05, 4.69) is 22.6 Å². The van der Waals surface area contributed by atoms with E-state index in [0.29, 0.717) is 12.0 Å². The molecule has 1 fully saturated rings. The Morgan fingerprint density at radius 3 is 2.50 bits per heavy atom. The van der Waals surface area contributed by atoms with Crippen molar-refractivity contribution < 1.29 is 34.8 Å². The van der Waals surface area contributed by atoms with Crippen LogP contribution in [0, 0.1) is 15.4 Å². The number of phenolic OH excluding ortho intramolecular Hbond substituents is 1. The van der Waals surface area contributed by atoms with Crippen LogP contribution in [0.15, 0.2) is 29.0 Å². The third-order valence-corrected chi connectivity index (χ3v) is 6.90. The maximum absolute atomic E-state index is 13.2. The molecule has 6 N–H and O–H groups in total. The molecule has 3 aliphatic rings. The summed E-state index contributed by atoms with van der Waals surface area (Å²) in [5.74, 6) is -6.15. The van der Waals surface area contributed by atoms with E-state index < -0.39 is 52.0 Å². The Hall–Kier alpha value is -2.40. The molecular formula is C19H16INO7. The average molecular weight is 497 g/mol. The normalized spacial score (nSPS) is 29.4. The van der Waals surface area contributed by atoms with Crippen LogP contribution >= 0.6 is 22.6 Å². The molecule has 146 valence electrons. The number of hydrogen-bond acceptors (Lipinski definition) is 7. The van der Waals surface area contributed by atoms with Gasteiger partial charge in [0.25, 0.3) is 5.91 Å². The van der Waals surface area contributed by atoms with Crippen molar-refractivity contribution >= 4 is 45.8 Å². The van der Waals surface area contributed by atoms with Gasteiger partial charge in [0, 0.05) is 21.5 Å². The summed E-state index contributed by atoms with van der Waals surface area (Å²) in [4.78, 5) is 37.0. The topological polar surface area (TPSA) is 158 Å². The van der Waals surface area contributed by atoms with Gasteiger partial charge in [0.05, 0.1) is 5.56 Å². The largest absolute Gasteiger partial charge is 0.508 e. The van der Waals surface area contributed by atoms with Gasteiger partial charge in [0.2, 0.25) is 5.78 Å². The molecule has 1 aromatic rings. The lowest BCUT2D eigenvalue weighted by atomic mass is 9.59. The van der Waals surface area contributed by atoms with Crippen molar-refractivity contribution in [3.8, 4) is 5.75 Å². The molecule has 0 aromatic heterocycles. The molecule has 8 nitrogen and oxygen atoms in total. The molecule has 0 spiro atoms. The first-order valence-corrected chi connectivity index (χ1v) is 9.64. The fourth-order valence-corrected chi connectivity index (χ4v) is 5.25. The van der Waals surface area contributed by atoms with Gasteiger partial charge in [-0.15, -0.1) is 0 Å². The Morgan fingerprint density at radius 2 is 1.86 bits per heavy atom. The van der Waals surface area contributed by atoms with Gasteiger partial charge in [-0.1, -0.05) is 0 Å². The van der Waals surface area contributed by atoms with Gasteiger partial charge in [0.1, 0.15) is 22.8 Å². The highest BCUT2D eigenvalue weighted by molar-refractivity contribution is 14.1. The van der Waals surface area contributed by atoms with Crippen molar-refractivity contribution in [3.63, 3.8) is 0 Å². The van der Waals surface area contributed by atoms with E-state index in [4.69, 9.17) is 5.73 Å². The maximum Gasteiger partial charge on any atom is 0.255 e. The van der Waals surface area contributed by atoms with Crippen LogP contribution < -0.4 is 5.73 Å². The Labute approximate surface area is 172 Å². The molecule has 28 heavy (non-hydrogen) atoms. The summed E-state index contributed by atoms with van der Waals surface area (Å²) in [7, 11) is 0. The Morgan fingerprint density at radius 1 is 1.18 bits per heavy atom. The summed E-state index contributed by atoms with van der Waals surface area (Å²) in [6, 6.07) is 3.08. The smallest absolute Gasteiger partial charge is 0.255 e. The number of fused-ring (bicyclic) bond motifs is 3. The number of amides is 1. The summed E-state index contributed by atoms with van der Waals surface area (Å²) in [5.41, 5.74) is 2.47. The van der Waals surface area contributed by atoms with Crippen molar-refractivity contribution in [3.05, 3.63) is 43.7 Å². The number of benzene rings is 1. The number of carbonyl (C=O) groups is 3. The zero-order chi connectivity index (χ0) is 20.5. The maximum atomic E-state index is 13.2. The first-order valence-electron chi connectivity index (χ1n) is 8.56. The van der Waals surface area contributed by atoms with Crippen LogP contribution in [0.1, 0.15) is 24.0 Å². The summed E-state index contributed by atoms with van der Waals surface area (Å²) in [6.45, 7) is 0. The second kappa shape index (κ2) is 6.05. The second-order valence-electron chi connectivity index (χ2n) is 7.33. The monoisotopic (exact) mass is 497 g/mol. The lowest BCUT2D eigenvalue weighted by molar-refractivity contribution is -0.147. The SMILES string of the molecule is NC(=O)C1=C(O)[C@@]2(O)C(=O)C3=C(O)c4c(O)ccc(I)c4CC3C[C@H]2CC1=O. The molecule has 1 unspecified atom stereocenters. The third kappa shape index (κ3) is 2.29. The van der Waals surface area contributed by atoms with Crippen molar-refractivity contribution in [2.75, 3.05) is 0 Å². The van der Waals surface area contributed by atoms with Gasteiger partial charge < -0.3 is 26.2 Å². The fraction of sp³-hybridized carbons (Fsp3) is 0.316. The number of ketones is 2. The number of nitrogens with two attached hydrogens (primary N) is 1. The molecule has 1 aromatic carbocycles. The van der Waals surface area contributed by atoms with Crippen LogP contribution in [0.3, 0.4) is 0 Å². The fourth-order valence-electron chi connectivity index (χ4n) is 4.58. The number of aliphatic hydroxyl groups is 3. The summed E-state index contributed by atoms with van der Waals surface area (Å²) in [5, 5.41) is 42.5. The summed E-state index contributed by atoms with van der Waals surface area (Å²) >= 11 is 2.06. The van der Waals surface area contributed by atoms with Crippen LogP contribution in [0.5, 0.6) is 5.75 Å². The van der Waals surface area contributed by atoms with E-state index in [-0.39, 0.29) is 29.7 Å². The molecule has 3 atom stereocenters. The molecule has 0 heterocycles. The molecule has 1 saturated carbocycles. The van der Waals surface area contributed by atoms with Crippen LogP contribution in [-0.2, 0) is 20.8 Å². The van der Waals surface area contributed by atoms with Crippen LogP contribution in [0.4, 0.5) is 0 Å². The molecular weight excluding hydrogens is 481 g/mol. The van der Waals surface area contributed by atoms with Gasteiger partial charge >= 0.3 is 0 Å². The average Bonchev–Trinajstić information content (AvgIpc) is 2.61. The van der Waals surface area contributed by atoms with E-state index in [1.807, 2.05) is 0 Å². The minimum atomic E-state index is -2.52. The number of halogens is 1. The van der Waals surface area contributed by atoms with Crippen LogP contribution in [0.25, 0.3) is 5.76 Å². The Bertz CT molecular complexity index is 1040. The Balaban J connectivity index is 1.95. The molecule has 9 heteroatoms. The molecule has 4 rings (SSSR count). The predicted octanol–water partition coefficient (Wildman–Crippen LogP) is 1.03. The molecule has 0 saturated heterocycles. The van der Waals surface area contributed by atoms with Gasteiger partial charge in [-0.05, 0) is 59.0 Å². The van der Waals surface area contributed by atoms with Crippen molar-refractivity contribution in [1.82, 2.24) is 0 Å². The highest BCUT2D eigenvalue weighted by Gasteiger charge is 2.60. The highest BCUT2D eigenvalue weighted by Crippen LogP contribution is 2.52. The highest BCUT2D eigenvalue weighted by atomic mass is 127. The van der Waals surface area contributed by atoms with E-state index in [9.17, 15) is 34.8 Å². The Kier molecular flexibility index (Phi) is 4.09. The number of primary amides is 1. The standard InChI is InChI=1S/C19H16INO7/c20-9-1-2-10(22)13-8(9)4-6-3-7-5-11(23)14(18(21)27)17(26)19(7,28)16(25)12(6)15(13)24/h1-2,6-7,22,24,26,28H,3-5H2,(H2,21,27)/t6?,7-,19-/m0/s1. The third-order valence-electron chi connectivity index (χ3n) is 5.89. The lowest BCUT2D eigenvalue weighted by Gasteiger charge is -2.46. The number of hydrogen-bond donors (Lipinski definition) is 5. The number of phenols is 1. The van der Waals surface area contributed by atoms with Gasteiger partial charge in [-0.2, -0.15) is 0 Å². The van der Waals surface area contributed by atoms with Gasteiger partial charge in [-0.3, -0.25) is 14.4 Å². The zero-order valence-corrected chi connectivity index (χ0v) is 16.6. The quantitative estimate of drug-likeness (QED) is 0.286. The number of rotatable bonds is 1. The number of aromatic hydroxyl groups is 1. The zero-order valence-electron chi connectivity index (χ0n) is 14.4. The van der Waals surface area contributed by atoms with Gasteiger partial charge in [0.15, 0.2) is 11.4 Å². The van der Waals surface area contributed by atoms with Crippen LogP contribution in [0.2, 0.25) is 0 Å². The summed E-state index contributed by atoms with van der Waals surface area (Å²) < 4.78 is 0.794.